The van der Waals surface area contributed by atoms with Gasteiger partial charge in [0.25, 0.3) is 5.91 Å². The average Bonchev–Trinajstić information content (AvgIpc) is 4.19. The molecule has 19 nitrogen and oxygen atoms in total. The monoisotopic (exact) mass is 1080 g/mol. The van der Waals surface area contributed by atoms with Crippen LogP contribution in [-0.2, 0) is 52.8 Å². The van der Waals surface area contributed by atoms with E-state index in [1.807, 2.05) is 104 Å². The molecule has 1 unspecified atom stereocenters. The standard InChI is InChI=1S/C60H75N11O8/c1-3-46-45(37-44-36-42-22-10-11-23-43(42)38-49(44)66-46)54(73)67-48(60(79)71-33-15-27-53(71)58(77)69-51(56(75)64-31-17-29-62)35-41-20-8-5-9-21-41)25-13-12-24-47(65-39(2)72)59(78)70-32-14-26-52(70)57(76)68-50(55(74)63-30-16-28-61)34-40-18-6-4-7-19-40/h4-13,18-23,36-38,47-48,50-53H,3,14-17,24-35,61-62H2,1-2H3,(H,63,74)(H,64,75)(H,65,72)(H,67,73)(H,68,76)(H,69,77)/t47?,48-,50-,51-,52-,53-/m0/s1. The Bertz CT molecular complexity index is 2970. The Morgan fingerprint density at radius 1 is 0.595 bits per heavy atom. The normalized spacial score (nSPS) is 16.7. The maximum absolute atomic E-state index is 15.0. The number of likely N-dealkylation sites (tertiary alicyclic amines) is 2. The first-order valence-electron chi connectivity index (χ1n) is 27.6. The van der Waals surface area contributed by atoms with Gasteiger partial charge in [-0.05, 0) is 111 Å². The topological polar surface area (TPSA) is 280 Å². The summed E-state index contributed by atoms with van der Waals surface area (Å²) in [6.07, 6.45) is 6.78. The molecule has 0 bridgehead atoms. The summed E-state index contributed by atoms with van der Waals surface area (Å²) in [4.78, 5) is 120. The number of hydrogen-bond donors (Lipinski definition) is 8. The van der Waals surface area contributed by atoms with E-state index in [1.54, 1.807) is 18.2 Å². The second kappa shape index (κ2) is 29.1. The predicted molar refractivity (Wildman–Crippen MR) is 303 cm³/mol. The summed E-state index contributed by atoms with van der Waals surface area (Å²) in [7, 11) is 0. The SMILES string of the molecule is CCc1nc2cc3ccccc3cc2cc1C(=O)N[C@@H](CC=CCC(NC(C)=O)C(=O)N1CCC[C@H]1C(=O)N[C@@H](Cc1ccccc1)C(=O)NCCCN)C(=O)N1CCC[C@H]1C(=O)N[C@@H](Cc1ccccc1)C(=O)NCCCN. The molecule has 1 aromatic heterocycles. The van der Waals surface area contributed by atoms with Crippen LogP contribution in [0.4, 0.5) is 0 Å². The summed E-state index contributed by atoms with van der Waals surface area (Å²) < 4.78 is 0. The molecule has 0 spiro atoms. The van der Waals surface area contributed by atoms with Crippen LogP contribution < -0.4 is 43.4 Å². The highest BCUT2D eigenvalue weighted by molar-refractivity contribution is 6.04. The van der Waals surface area contributed by atoms with Crippen LogP contribution in [0, 0.1) is 0 Å². The quantitative estimate of drug-likeness (QED) is 0.0226. The van der Waals surface area contributed by atoms with Crippen molar-refractivity contribution in [3.05, 3.63) is 138 Å². The molecule has 418 valence electrons. The smallest absolute Gasteiger partial charge is 0.253 e. The van der Waals surface area contributed by atoms with E-state index in [4.69, 9.17) is 16.5 Å². The number of nitrogens with two attached hydrogens (primary N) is 2. The number of hydrogen-bond acceptors (Lipinski definition) is 11. The Balaban J connectivity index is 1.11. The molecule has 2 aliphatic heterocycles. The molecule has 2 fully saturated rings. The molecule has 0 saturated carbocycles. The first-order valence-corrected chi connectivity index (χ1v) is 27.6. The third-order valence-electron chi connectivity index (χ3n) is 14.4. The van der Waals surface area contributed by atoms with E-state index in [2.05, 4.69) is 31.9 Å². The van der Waals surface area contributed by atoms with Crippen molar-refractivity contribution in [1.82, 2.24) is 46.7 Å². The molecule has 79 heavy (non-hydrogen) atoms. The molecule has 2 saturated heterocycles. The minimum Gasteiger partial charge on any atom is -0.354 e. The van der Waals surface area contributed by atoms with Crippen molar-refractivity contribution in [2.45, 2.75) is 121 Å². The molecule has 4 aromatic carbocycles. The molecule has 6 atom stereocenters. The summed E-state index contributed by atoms with van der Waals surface area (Å²) in [6, 6.07) is 26.1. The zero-order chi connectivity index (χ0) is 56.3. The molecule has 5 aromatic rings. The van der Waals surface area contributed by atoms with E-state index in [1.165, 1.54) is 16.7 Å². The highest BCUT2D eigenvalue weighted by Gasteiger charge is 2.41. The number of fused-ring (bicyclic) bond motifs is 2. The molecule has 19 heteroatoms. The fourth-order valence-electron chi connectivity index (χ4n) is 10.3. The molecule has 10 N–H and O–H groups in total. The predicted octanol–water partition coefficient (Wildman–Crippen LogP) is 3.26. The molecule has 8 amide bonds. The first kappa shape index (κ1) is 58.6. The largest absolute Gasteiger partial charge is 0.354 e. The molecular weight excluding hydrogens is 1000 g/mol. The third kappa shape index (κ3) is 16.0. The van der Waals surface area contributed by atoms with Crippen molar-refractivity contribution in [3.8, 4) is 0 Å². The van der Waals surface area contributed by atoms with Gasteiger partial charge in [0.05, 0.1) is 16.8 Å². The van der Waals surface area contributed by atoms with Crippen molar-refractivity contribution in [2.75, 3.05) is 39.3 Å². The molecule has 3 heterocycles. The Hall–Kier alpha value is -8.03. The van der Waals surface area contributed by atoms with E-state index in [0.29, 0.717) is 82.3 Å². The van der Waals surface area contributed by atoms with Crippen molar-refractivity contribution < 1.29 is 38.4 Å². The van der Waals surface area contributed by atoms with Crippen LogP contribution in [0.1, 0.15) is 92.4 Å². The Morgan fingerprint density at radius 3 is 1.53 bits per heavy atom. The summed E-state index contributed by atoms with van der Waals surface area (Å²) in [5.41, 5.74) is 14.5. The van der Waals surface area contributed by atoms with Gasteiger partial charge in [-0.1, -0.05) is 104 Å². The number of carbonyl (C=O) groups is 8. The fraction of sp³-hybridized carbons (Fsp3) is 0.417. The van der Waals surface area contributed by atoms with Gasteiger partial charge >= 0.3 is 0 Å². The maximum atomic E-state index is 15.0. The minimum absolute atomic E-state index is 0.0360. The van der Waals surface area contributed by atoms with Gasteiger partial charge in [-0.15, -0.1) is 0 Å². The Kier molecular flexibility index (Phi) is 21.6. The lowest BCUT2D eigenvalue weighted by Crippen LogP contribution is -2.56. The molecule has 2 aliphatic rings. The van der Waals surface area contributed by atoms with Gasteiger partial charge < -0.3 is 53.2 Å². The molecule has 7 rings (SSSR count). The lowest BCUT2D eigenvalue weighted by molar-refractivity contribution is -0.141. The summed E-state index contributed by atoms with van der Waals surface area (Å²) in [6.45, 7) is 5.04. The van der Waals surface area contributed by atoms with E-state index in [-0.39, 0.29) is 56.2 Å². The van der Waals surface area contributed by atoms with E-state index in [0.717, 1.165) is 27.3 Å². The van der Waals surface area contributed by atoms with Crippen LogP contribution in [0.2, 0.25) is 0 Å². The number of aryl methyl sites for hydroxylation is 1. The number of rotatable bonds is 26. The van der Waals surface area contributed by atoms with Crippen LogP contribution in [0.15, 0.2) is 115 Å². The number of pyridine rings is 1. The van der Waals surface area contributed by atoms with Gasteiger partial charge in [-0.2, -0.15) is 0 Å². The zero-order valence-electron chi connectivity index (χ0n) is 45.2. The van der Waals surface area contributed by atoms with Crippen LogP contribution in [-0.4, -0.2) is 138 Å². The number of amides is 8. The molecule has 0 radical (unpaired) electrons. The second-order valence-corrected chi connectivity index (χ2v) is 20.2. The lowest BCUT2D eigenvalue weighted by Gasteiger charge is -2.30. The fourth-order valence-corrected chi connectivity index (χ4v) is 10.3. The van der Waals surface area contributed by atoms with Gasteiger partial charge in [-0.25, -0.2) is 0 Å². The lowest BCUT2D eigenvalue weighted by atomic mass is 10.0. The maximum Gasteiger partial charge on any atom is 0.253 e. The Labute approximate surface area is 461 Å². The average molecular weight is 1080 g/mol. The van der Waals surface area contributed by atoms with E-state index >= 15 is 0 Å². The van der Waals surface area contributed by atoms with Crippen molar-refractivity contribution in [3.63, 3.8) is 0 Å². The number of benzene rings is 4. The van der Waals surface area contributed by atoms with Gasteiger partial charge in [-0.3, -0.25) is 43.3 Å². The zero-order valence-corrected chi connectivity index (χ0v) is 45.2. The van der Waals surface area contributed by atoms with Crippen LogP contribution in [0.3, 0.4) is 0 Å². The highest BCUT2D eigenvalue weighted by atomic mass is 16.2. The van der Waals surface area contributed by atoms with Crippen LogP contribution >= 0.6 is 0 Å². The Morgan fingerprint density at radius 2 is 1.06 bits per heavy atom. The molecule has 0 aliphatic carbocycles. The number of nitrogens with zero attached hydrogens (tertiary/aromatic N) is 3. The minimum atomic E-state index is -1.22. The highest BCUT2D eigenvalue weighted by Crippen LogP contribution is 2.26. The van der Waals surface area contributed by atoms with Gasteiger partial charge in [0.15, 0.2) is 0 Å². The first-order chi connectivity index (χ1) is 38.3. The summed E-state index contributed by atoms with van der Waals surface area (Å²) in [5.74, 6) is -3.83. The number of aromatic nitrogens is 1. The van der Waals surface area contributed by atoms with Gasteiger partial charge in [0, 0.05) is 51.3 Å². The van der Waals surface area contributed by atoms with Crippen LogP contribution in [0.5, 0.6) is 0 Å². The second-order valence-electron chi connectivity index (χ2n) is 20.2. The van der Waals surface area contributed by atoms with E-state index < -0.39 is 71.7 Å². The van der Waals surface area contributed by atoms with Gasteiger partial charge in [0.1, 0.15) is 36.3 Å². The van der Waals surface area contributed by atoms with E-state index in [9.17, 15) is 38.4 Å². The summed E-state index contributed by atoms with van der Waals surface area (Å²) in [5, 5.41) is 19.9. The van der Waals surface area contributed by atoms with Crippen molar-refractivity contribution >= 4 is 68.9 Å². The van der Waals surface area contributed by atoms with Crippen molar-refractivity contribution in [2.24, 2.45) is 11.5 Å². The van der Waals surface area contributed by atoms with Gasteiger partial charge in [0.2, 0.25) is 41.4 Å². The van der Waals surface area contributed by atoms with Crippen molar-refractivity contribution in [1.29, 1.82) is 0 Å². The number of carbonyl (C=O) groups excluding carboxylic acids is 8. The molecular formula is C60H75N11O8. The summed E-state index contributed by atoms with van der Waals surface area (Å²) >= 11 is 0. The van der Waals surface area contributed by atoms with Crippen LogP contribution in [0.25, 0.3) is 21.7 Å². The number of nitrogens with one attached hydrogen (secondary N) is 6. The third-order valence-corrected chi connectivity index (χ3v) is 14.4.